The fourth-order valence-corrected chi connectivity index (χ4v) is 7.35. The fraction of sp³-hybridized carbons (Fsp3) is 0.0698. The first-order valence-corrected chi connectivity index (χ1v) is 14.9. The van der Waals surface area contributed by atoms with Crippen LogP contribution in [-0.4, -0.2) is 0 Å². The Morgan fingerprint density at radius 2 is 1.09 bits per heavy atom. The lowest BCUT2D eigenvalue weighted by Gasteiger charge is -2.23. The highest BCUT2D eigenvalue weighted by Crippen LogP contribution is 2.52. The predicted molar refractivity (Wildman–Crippen MR) is 185 cm³/mol. The monoisotopic (exact) mass is 550 g/mol. The van der Waals surface area contributed by atoms with Crippen molar-refractivity contribution in [1.29, 1.82) is 0 Å². The van der Waals surface area contributed by atoms with Crippen LogP contribution in [0, 0.1) is 0 Å². The van der Waals surface area contributed by atoms with E-state index in [1.165, 1.54) is 27.3 Å². The Labute approximate surface area is 257 Å². The van der Waals surface area contributed by atoms with Gasteiger partial charge in [0.05, 0.1) is 5.48 Å². The summed E-state index contributed by atoms with van der Waals surface area (Å²) < 4.78 is 36.9. The highest BCUT2D eigenvalue weighted by atomic mass is 14.4. The van der Waals surface area contributed by atoms with Crippen LogP contribution in [0.15, 0.2) is 145 Å². The van der Waals surface area contributed by atoms with Gasteiger partial charge >= 0.3 is 0 Å². The molecule has 0 atom stereocenters. The molecule has 43 heavy (non-hydrogen) atoms. The third kappa shape index (κ3) is 3.57. The lowest BCUT2D eigenvalue weighted by atomic mass is 9.79. The van der Waals surface area contributed by atoms with Gasteiger partial charge in [-0.2, -0.15) is 0 Å². The van der Waals surface area contributed by atoms with Gasteiger partial charge in [0.1, 0.15) is 0 Å². The number of hydrogen-bond donors (Lipinski definition) is 0. The van der Waals surface area contributed by atoms with Gasteiger partial charge in [-0.25, -0.2) is 0 Å². The molecule has 8 aromatic rings. The van der Waals surface area contributed by atoms with E-state index in [1.54, 1.807) is 0 Å². The molecule has 0 aliphatic heterocycles. The van der Waals surface area contributed by atoms with Crippen LogP contribution in [0.5, 0.6) is 0 Å². The first-order chi connectivity index (χ1) is 22.7. The molecular weight excluding hydrogens is 516 g/mol. The van der Waals surface area contributed by atoms with Crippen LogP contribution < -0.4 is 0 Å². The highest BCUT2D eigenvalue weighted by Gasteiger charge is 2.37. The van der Waals surface area contributed by atoms with Crippen molar-refractivity contribution in [2.45, 2.75) is 19.3 Å². The minimum atomic E-state index is -0.295. The van der Waals surface area contributed by atoms with Crippen molar-refractivity contribution in [1.82, 2.24) is 0 Å². The standard InChI is InChI=1S/C43H30/c1-43(2)41-26-32(19-22-38(41)39-23-18-28-8-5-6-11-35(28)42(39)43)27-14-16-29(17-15-27)34-12-7-13-36-37(34)21-20-33-24-30-9-3-4-10-31(30)25-40(33)36/h3-26H,1-2H3/i14D,15D,16D,17D. The third-order valence-corrected chi connectivity index (χ3v) is 9.46. The summed E-state index contributed by atoms with van der Waals surface area (Å²) in [5, 5.41) is 8.93. The van der Waals surface area contributed by atoms with Gasteiger partial charge in [-0.3, -0.25) is 0 Å². The molecule has 0 spiro atoms. The maximum atomic E-state index is 9.24. The van der Waals surface area contributed by atoms with Gasteiger partial charge in [-0.1, -0.05) is 141 Å². The molecule has 9 rings (SSSR count). The van der Waals surface area contributed by atoms with Crippen LogP contribution in [0.2, 0.25) is 0 Å². The Morgan fingerprint density at radius 1 is 0.419 bits per heavy atom. The normalized spacial score (nSPS) is 14.8. The maximum absolute atomic E-state index is 9.24. The summed E-state index contributed by atoms with van der Waals surface area (Å²) in [5.74, 6) is 0. The molecule has 0 saturated heterocycles. The van der Waals surface area contributed by atoms with Crippen molar-refractivity contribution >= 4 is 43.1 Å². The average molecular weight is 551 g/mol. The molecule has 0 aromatic heterocycles. The minimum absolute atomic E-state index is 0.0245. The highest BCUT2D eigenvalue weighted by molar-refractivity contribution is 6.15. The molecule has 0 amide bonds. The summed E-state index contributed by atoms with van der Waals surface area (Å²) in [6, 6.07) is 41.7. The van der Waals surface area contributed by atoms with E-state index in [-0.39, 0.29) is 29.6 Å². The van der Waals surface area contributed by atoms with Crippen LogP contribution in [0.25, 0.3) is 76.5 Å². The molecule has 0 fully saturated rings. The average Bonchev–Trinajstić information content (AvgIpc) is 3.32. The first-order valence-electron chi connectivity index (χ1n) is 16.9. The van der Waals surface area contributed by atoms with E-state index < -0.39 is 0 Å². The summed E-state index contributed by atoms with van der Waals surface area (Å²) in [6.45, 7) is 4.47. The second-order valence-corrected chi connectivity index (χ2v) is 12.2. The molecule has 0 N–H and O–H groups in total. The van der Waals surface area contributed by atoms with Crippen LogP contribution in [-0.2, 0) is 5.41 Å². The van der Waals surface area contributed by atoms with Crippen molar-refractivity contribution in [3.8, 4) is 33.4 Å². The fourth-order valence-electron chi connectivity index (χ4n) is 7.35. The molecular formula is C43H30. The van der Waals surface area contributed by atoms with E-state index in [4.69, 9.17) is 0 Å². The second kappa shape index (κ2) is 8.90. The zero-order valence-electron chi connectivity index (χ0n) is 28.0. The molecule has 8 aromatic carbocycles. The van der Waals surface area contributed by atoms with E-state index in [2.05, 4.69) is 98.8 Å². The second-order valence-electron chi connectivity index (χ2n) is 12.2. The van der Waals surface area contributed by atoms with Crippen LogP contribution in [0.4, 0.5) is 0 Å². The van der Waals surface area contributed by atoms with Crippen LogP contribution in [0.3, 0.4) is 0 Å². The zero-order chi connectivity index (χ0) is 32.2. The van der Waals surface area contributed by atoms with Crippen molar-refractivity contribution in [3.05, 3.63) is 157 Å². The number of rotatable bonds is 2. The molecule has 0 unspecified atom stereocenters. The quantitative estimate of drug-likeness (QED) is 0.148. The van der Waals surface area contributed by atoms with Gasteiger partial charge in [-0.15, -0.1) is 0 Å². The molecule has 0 nitrogen and oxygen atoms in total. The smallest absolute Gasteiger partial charge is 0.0616 e. The Bertz CT molecular complexity index is 2620. The maximum Gasteiger partial charge on any atom is 0.0629 e. The summed E-state index contributed by atoms with van der Waals surface area (Å²) in [5.41, 5.74) is 6.56. The topological polar surface area (TPSA) is 0 Å². The van der Waals surface area contributed by atoms with Gasteiger partial charge in [0.25, 0.3) is 0 Å². The van der Waals surface area contributed by atoms with E-state index in [1.807, 2.05) is 36.4 Å². The number of fused-ring (bicyclic) bond motifs is 9. The summed E-state index contributed by atoms with van der Waals surface area (Å²) >= 11 is 0. The molecule has 0 heteroatoms. The van der Waals surface area contributed by atoms with E-state index in [9.17, 15) is 5.48 Å². The Hall–Kier alpha value is -5.20. The van der Waals surface area contributed by atoms with Crippen molar-refractivity contribution in [2.24, 2.45) is 0 Å². The van der Waals surface area contributed by atoms with E-state index in [0.29, 0.717) is 22.3 Å². The van der Waals surface area contributed by atoms with E-state index >= 15 is 0 Å². The van der Waals surface area contributed by atoms with Crippen LogP contribution in [0.1, 0.15) is 30.5 Å². The van der Waals surface area contributed by atoms with E-state index in [0.717, 1.165) is 38.1 Å². The molecule has 202 valence electrons. The largest absolute Gasteiger partial charge is 0.0629 e. The molecule has 1 aliphatic rings. The van der Waals surface area contributed by atoms with Gasteiger partial charge in [-0.05, 0) is 106 Å². The first kappa shape index (κ1) is 20.6. The molecule has 0 heterocycles. The number of benzene rings is 8. The SMILES string of the molecule is [2H]c1c([2H])c(-c2cccc3c2ccc2cc4ccccc4cc23)c([2H])c([2H])c1-c1ccc2c(c1)C(C)(C)c1c-2ccc2ccccc12. The summed E-state index contributed by atoms with van der Waals surface area (Å²) in [4.78, 5) is 0. The minimum Gasteiger partial charge on any atom is -0.0616 e. The lowest BCUT2D eigenvalue weighted by Crippen LogP contribution is -2.15. The van der Waals surface area contributed by atoms with Crippen molar-refractivity contribution in [2.75, 3.05) is 0 Å². The van der Waals surface area contributed by atoms with Crippen LogP contribution >= 0.6 is 0 Å². The molecule has 1 aliphatic carbocycles. The Balaban J connectivity index is 1.22. The molecule has 0 radical (unpaired) electrons. The van der Waals surface area contributed by atoms with Crippen molar-refractivity contribution in [3.63, 3.8) is 0 Å². The van der Waals surface area contributed by atoms with Crippen molar-refractivity contribution < 1.29 is 5.48 Å². The van der Waals surface area contributed by atoms with Gasteiger partial charge in [0, 0.05) is 5.41 Å². The predicted octanol–water partition coefficient (Wildman–Crippen LogP) is 11.9. The third-order valence-electron chi connectivity index (χ3n) is 9.46. The Kier molecular flexibility index (Phi) is 4.27. The zero-order valence-corrected chi connectivity index (χ0v) is 24.0. The summed E-state index contributed by atoms with van der Waals surface area (Å²) in [7, 11) is 0. The van der Waals surface area contributed by atoms with Gasteiger partial charge in [0.2, 0.25) is 0 Å². The van der Waals surface area contributed by atoms with Gasteiger partial charge in [0.15, 0.2) is 0 Å². The molecule has 0 saturated carbocycles. The number of hydrogen-bond acceptors (Lipinski definition) is 0. The Morgan fingerprint density at radius 3 is 1.93 bits per heavy atom. The molecule has 0 bridgehead atoms. The van der Waals surface area contributed by atoms with Gasteiger partial charge < -0.3 is 0 Å². The summed E-state index contributed by atoms with van der Waals surface area (Å²) in [6.07, 6.45) is 0. The lowest BCUT2D eigenvalue weighted by molar-refractivity contribution is 0.666.